The predicted molar refractivity (Wildman–Crippen MR) is 113 cm³/mol. The maximum absolute atomic E-state index is 12.9. The molecule has 2 aliphatic heterocycles. The third-order valence-electron chi connectivity index (χ3n) is 5.72. The van der Waals surface area contributed by atoms with Crippen molar-refractivity contribution >= 4 is 23.2 Å². The van der Waals surface area contributed by atoms with Gasteiger partial charge in [-0.1, -0.05) is 0 Å². The van der Waals surface area contributed by atoms with Crippen molar-refractivity contribution < 1.29 is 23.8 Å². The Hall–Kier alpha value is -3.42. The van der Waals surface area contributed by atoms with Crippen molar-refractivity contribution in [2.45, 2.75) is 19.0 Å². The second-order valence-corrected chi connectivity index (χ2v) is 7.33. The highest BCUT2D eigenvalue weighted by atomic mass is 16.5. The van der Waals surface area contributed by atoms with E-state index in [1.54, 1.807) is 30.3 Å². The summed E-state index contributed by atoms with van der Waals surface area (Å²) in [5.41, 5.74) is 2.38. The number of methoxy groups -OCH3 is 3. The molecular weight excluding hydrogens is 386 g/mol. The third kappa shape index (κ3) is 3.18. The van der Waals surface area contributed by atoms with E-state index in [1.807, 2.05) is 11.9 Å². The summed E-state index contributed by atoms with van der Waals surface area (Å²) in [5.74, 6) is 1.09. The zero-order valence-corrected chi connectivity index (χ0v) is 17.5. The first-order chi connectivity index (χ1) is 14.5. The van der Waals surface area contributed by atoms with Crippen LogP contribution in [-0.2, 0) is 0 Å². The highest BCUT2D eigenvalue weighted by molar-refractivity contribution is 6.08. The van der Waals surface area contributed by atoms with E-state index in [0.29, 0.717) is 34.1 Å². The second-order valence-electron chi connectivity index (χ2n) is 7.33. The molecule has 0 unspecified atom stereocenters. The van der Waals surface area contributed by atoms with Gasteiger partial charge in [-0.05, 0) is 31.0 Å². The summed E-state index contributed by atoms with van der Waals surface area (Å²) in [6, 6.07) is 8.52. The number of carbonyl (C=O) groups is 2. The molecule has 2 heterocycles. The quantitative estimate of drug-likeness (QED) is 0.815. The van der Waals surface area contributed by atoms with Crippen LogP contribution in [0, 0.1) is 0 Å². The molecule has 0 spiro atoms. The summed E-state index contributed by atoms with van der Waals surface area (Å²) in [6.07, 6.45) is 1.98. The maximum atomic E-state index is 12.9. The van der Waals surface area contributed by atoms with E-state index in [0.717, 1.165) is 25.1 Å². The van der Waals surface area contributed by atoms with Gasteiger partial charge in [0, 0.05) is 37.0 Å². The van der Waals surface area contributed by atoms with Crippen molar-refractivity contribution in [3.8, 4) is 17.2 Å². The van der Waals surface area contributed by atoms with Crippen LogP contribution in [0.3, 0.4) is 0 Å². The van der Waals surface area contributed by atoms with Crippen LogP contribution in [0.15, 0.2) is 30.3 Å². The van der Waals surface area contributed by atoms with Crippen LogP contribution < -0.4 is 24.4 Å². The minimum atomic E-state index is -0.290. The molecule has 158 valence electrons. The SMILES string of the molecule is COc1cc(NC(=O)c2ccc3c(c2)N(C)[C@H]2CCCN2C3=O)cc(OC)c1OC. The fraction of sp³-hybridized carbons (Fsp3) is 0.364. The van der Waals surface area contributed by atoms with E-state index in [2.05, 4.69) is 10.2 Å². The van der Waals surface area contributed by atoms with E-state index >= 15 is 0 Å². The summed E-state index contributed by atoms with van der Waals surface area (Å²) in [6.45, 7) is 0.774. The minimum absolute atomic E-state index is 0.0298. The van der Waals surface area contributed by atoms with Crippen LogP contribution >= 0.6 is 0 Å². The number of carbonyl (C=O) groups excluding carboxylic acids is 2. The molecule has 8 heteroatoms. The smallest absolute Gasteiger partial charge is 0.257 e. The van der Waals surface area contributed by atoms with E-state index in [-0.39, 0.29) is 18.0 Å². The Balaban J connectivity index is 1.63. The molecule has 2 aliphatic rings. The lowest BCUT2D eigenvalue weighted by molar-refractivity contribution is 0.0719. The Bertz CT molecular complexity index is 981. The molecule has 1 atom stereocenters. The lowest BCUT2D eigenvalue weighted by atomic mass is 10.0. The van der Waals surface area contributed by atoms with Gasteiger partial charge in [0.15, 0.2) is 11.5 Å². The van der Waals surface area contributed by atoms with E-state index in [9.17, 15) is 9.59 Å². The van der Waals surface area contributed by atoms with Crippen molar-refractivity contribution in [1.82, 2.24) is 4.90 Å². The molecule has 1 saturated heterocycles. The highest BCUT2D eigenvalue weighted by Crippen LogP contribution is 2.40. The molecular formula is C22H25N3O5. The maximum Gasteiger partial charge on any atom is 0.257 e. The predicted octanol–water partition coefficient (Wildman–Crippen LogP) is 2.98. The summed E-state index contributed by atoms with van der Waals surface area (Å²) < 4.78 is 16.0. The molecule has 2 aromatic carbocycles. The van der Waals surface area contributed by atoms with Gasteiger partial charge in [0.25, 0.3) is 11.8 Å². The number of ether oxygens (including phenoxy) is 3. The van der Waals surface area contributed by atoms with Crippen LogP contribution in [-0.4, -0.2) is 57.8 Å². The van der Waals surface area contributed by atoms with Gasteiger partial charge >= 0.3 is 0 Å². The summed E-state index contributed by atoms with van der Waals surface area (Å²) in [5, 5.41) is 2.87. The van der Waals surface area contributed by atoms with Gasteiger partial charge < -0.3 is 29.3 Å². The van der Waals surface area contributed by atoms with Crippen molar-refractivity contribution in [2.75, 3.05) is 45.1 Å². The minimum Gasteiger partial charge on any atom is -0.493 e. The molecule has 2 aromatic rings. The van der Waals surface area contributed by atoms with E-state index in [1.165, 1.54) is 21.3 Å². The van der Waals surface area contributed by atoms with Crippen molar-refractivity contribution in [3.63, 3.8) is 0 Å². The van der Waals surface area contributed by atoms with Crippen molar-refractivity contribution in [2.24, 2.45) is 0 Å². The molecule has 30 heavy (non-hydrogen) atoms. The van der Waals surface area contributed by atoms with E-state index in [4.69, 9.17) is 14.2 Å². The number of nitrogens with zero attached hydrogens (tertiary/aromatic N) is 2. The van der Waals surface area contributed by atoms with Crippen molar-refractivity contribution in [1.29, 1.82) is 0 Å². The zero-order chi connectivity index (χ0) is 21.4. The van der Waals surface area contributed by atoms with Crippen LogP contribution in [0.1, 0.15) is 33.6 Å². The van der Waals surface area contributed by atoms with Gasteiger partial charge in [-0.3, -0.25) is 9.59 Å². The Kier molecular flexibility index (Phi) is 5.15. The molecule has 1 N–H and O–H groups in total. The Morgan fingerprint density at radius 2 is 1.77 bits per heavy atom. The lowest BCUT2D eigenvalue weighted by Gasteiger charge is -2.40. The topological polar surface area (TPSA) is 80.3 Å². The number of rotatable bonds is 5. The monoisotopic (exact) mass is 411 g/mol. The number of hydrogen-bond acceptors (Lipinski definition) is 6. The van der Waals surface area contributed by atoms with Gasteiger partial charge in [-0.2, -0.15) is 0 Å². The summed E-state index contributed by atoms with van der Waals surface area (Å²) in [4.78, 5) is 29.7. The molecule has 1 fully saturated rings. The number of fused-ring (bicyclic) bond motifs is 2. The molecule has 0 aliphatic carbocycles. The van der Waals surface area contributed by atoms with Gasteiger partial charge in [0.05, 0.1) is 32.6 Å². The van der Waals surface area contributed by atoms with Gasteiger partial charge in [-0.15, -0.1) is 0 Å². The molecule has 2 amide bonds. The highest BCUT2D eigenvalue weighted by Gasteiger charge is 2.38. The molecule has 0 bridgehead atoms. The number of amides is 2. The Labute approximate surface area is 175 Å². The number of anilines is 2. The van der Waals surface area contributed by atoms with Crippen molar-refractivity contribution in [3.05, 3.63) is 41.5 Å². The largest absolute Gasteiger partial charge is 0.493 e. The molecule has 4 rings (SSSR count). The van der Waals surface area contributed by atoms with Crippen LogP contribution in [0.4, 0.5) is 11.4 Å². The van der Waals surface area contributed by atoms with Crippen LogP contribution in [0.5, 0.6) is 17.2 Å². The first-order valence-electron chi connectivity index (χ1n) is 9.77. The van der Waals surface area contributed by atoms with E-state index < -0.39 is 0 Å². The average Bonchev–Trinajstić information content (AvgIpc) is 3.26. The number of benzene rings is 2. The van der Waals surface area contributed by atoms with Gasteiger partial charge in [-0.25, -0.2) is 0 Å². The third-order valence-corrected chi connectivity index (χ3v) is 5.72. The van der Waals surface area contributed by atoms with Crippen LogP contribution in [0.25, 0.3) is 0 Å². The standard InChI is InChI=1S/C22H25N3O5/c1-24-16-10-13(7-8-15(16)22(27)25-9-5-6-19(24)25)21(26)23-14-11-17(28-2)20(30-4)18(12-14)29-3/h7-8,10-12,19H,5-6,9H2,1-4H3,(H,23,26)/t19-/m1/s1. The number of nitrogens with one attached hydrogen (secondary N) is 1. The molecule has 0 saturated carbocycles. The lowest BCUT2D eigenvalue weighted by Crippen LogP contribution is -2.50. The van der Waals surface area contributed by atoms with Gasteiger partial charge in [0.1, 0.15) is 6.17 Å². The summed E-state index contributed by atoms with van der Waals surface area (Å²) >= 11 is 0. The molecule has 0 radical (unpaired) electrons. The Morgan fingerprint density at radius 1 is 1.07 bits per heavy atom. The molecule has 0 aromatic heterocycles. The average molecular weight is 411 g/mol. The molecule has 8 nitrogen and oxygen atoms in total. The first kappa shape index (κ1) is 19.9. The first-order valence-corrected chi connectivity index (χ1v) is 9.77. The summed E-state index contributed by atoms with van der Waals surface area (Å²) in [7, 11) is 6.53. The second kappa shape index (κ2) is 7.78. The van der Waals surface area contributed by atoms with Gasteiger partial charge in [0.2, 0.25) is 5.75 Å². The van der Waals surface area contributed by atoms with Crippen LogP contribution in [0.2, 0.25) is 0 Å². The zero-order valence-electron chi connectivity index (χ0n) is 17.5. The Morgan fingerprint density at radius 3 is 2.40 bits per heavy atom. The normalized spacial score (nSPS) is 17.3. The fourth-order valence-corrected chi connectivity index (χ4v) is 4.21. The fourth-order valence-electron chi connectivity index (χ4n) is 4.21. The number of hydrogen-bond donors (Lipinski definition) is 1.